The number of carbonyl (C=O) groups is 2. The summed E-state index contributed by atoms with van der Waals surface area (Å²) in [6.07, 6.45) is 7.56. The first-order valence-corrected chi connectivity index (χ1v) is 4.33. The zero-order valence-electron chi connectivity index (χ0n) is 7.97. The molecule has 3 nitrogen and oxygen atoms in total. The van der Waals surface area contributed by atoms with Crippen LogP contribution < -0.4 is 0 Å². The van der Waals surface area contributed by atoms with Crippen LogP contribution in [0.3, 0.4) is 0 Å². The Morgan fingerprint density at radius 2 is 1.86 bits per heavy atom. The first-order valence-electron chi connectivity index (χ1n) is 4.33. The Morgan fingerprint density at radius 1 is 1.29 bits per heavy atom. The fraction of sp³-hybridized carbons (Fsp3) is 0.273. The highest BCUT2D eigenvalue weighted by atomic mass is 16.5. The predicted molar refractivity (Wildman–Crippen MR) is 52.5 cm³/mol. The Balaban J connectivity index is 2.53. The van der Waals surface area contributed by atoms with Gasteiger partial charge in [0.05, 0.1) is 5.92 Å². The number of carbonyl (C=O) groups excluding carboxylic acids is 2. The molecule has 0 atom stereocenters. The second kappa shape index (κ2) is 4.56. The van der Waals surface area contributed by atoms with Crippen molar-refractivity contribution in [1.29, 1.82) is 0 Å². The lowest BCUT2D eigenvalue weighted by Gasteiger charge is -2.14. The van der Waals surface area contributed by atoms with E-state index < -0.39 is 5.97 Å². The van der Waals surface area contributed by atoms with Crippen molar-refractivity contribution in [3.8, 4) is 0 Å². The summed E-state index contributed by atoms with van der Waals surface area (Å²) in [5.74, 6) is -0.578. The fourth-order valence-corrected chi connectivity index (χ4v) is 1.12. The zero-order chi connectivity index (χ0) is 10.6. The number of esters is 1. The molecule has 1 rings (SSSR count). The number of rotatable bonds is 3. The molecule has 0 unspecified atom stereocenters. The van der Waals surface area contributed by atoms with E-state index in [9.17, 15) is 9.59 Å². The Morgan fingerprint density at radius 3 is 2.29 bits per heavy atom. The lowest BCUT2D eigenvalue weighted by atomic mass is 9.98. The van der Waals surface area contributed by atoms with E-state index >= 15 is 0 Å². The Bertz CT molecular complexity index is 298. The molecule has 0 amide bonds. The average Bonchev–Trinajstić information content (AvgIpc) is 2.18. The van der Waals surface area contributed by atoms with Gasteiger partial charge in [0, 0.05) is 6.08 Å². The van der Waals surface area contributed by atoms with Crippen LogP contribution in [-0.2, 0) is 14.3 Å². The van der Waals surface area contributed by atoms with Gasteiger partial charge in [0.2, 0.25) is 0 Å². The van der Waals surface area contributed by atoms with Crippen molar-refractivity contribution in [2.45, 2.75) is 13.0 Å². The van der Waals surface area contributed by atoms with Crippen molar-refractivity contribution < 1.29 is 14.3 Å². The molecule has 0 bridgehead atoms. The maximum atomic E-state index is 11.0. The van der Waals surface area contributed by atoms with Crippen LogP contribution >= 0.6 is 0 Å². The quantitative estimate of drug-likeness (QED) is 0.386. The fourth-order valence-electron chi connectivity index (χ4n) is 1.12. The third kappa shape index (κ3) is 2.69. The Labute approximate surface area is 82.8 Å². The minimum absolute atomic E-state index is 0.0750. The van der Waals surface area contributed by atoms with Crippen LogP contribution in [0.25, 0.3) is 0 Å². The molecule has 0 aromatic heterocycles. The number of Topliss-reactive ketones (excluding diaryl/α,β-unsaturated/α-hetero) is 1. The van der Waals surface area contributed by atoms with Crippen LogP contribution in [0.15, 0.2) is 37.0 Å². The van der Waals surface area contributed by atoms with Crippen molar-refractivity contribution in [2.24, 2.45) is 5.92 Å². The number of hydrogen-bond acceptors (Lipinski definition) is 3. The molecule has 0 aromatic rings. The minimum Gasteiger partial charge on any atom is -0.451 e. The summed E-state index contributed by atoms with van der Waals surface area (Å²) in [7, 11) is 0. The molecule has 0 radical (unpaired) electrons. The first-order chi connectivity index (χ1) is 6.63. The predicted octanol–water partition coefficient (Wildman–Crippen LogP) is 1.42. The van der Waals surface area contributed by atoms with Gasteiger partial charge in [0.1, 0.15) is 11.9 Å². The molecule has 0 saturated heterocycles. The summed E-state index contributed by atoms with van der Waals surface area (Å²) < 4.78 is 4.93. The van der Waals surface area contributed by atoms with Crippen LogP contribution in [0.2, 0.25) is 0 Å². The van der Waals surface area contributed by atoms with E-state index in [1.54, 1.807) is 24.3 Å². The van der Waals surface area contributed by atoms with Gasteiger partial charge in [-0.2, -0.15) is 0 Å². The van der Waals surface area contributed by atoms with E-state index in [0.29, 0.717) is 0 Å². The zero-order valence-corrected chi connectivity index (χ0v) is 7.97. The lowest BCUT2D eigenvalue weighted by Crippen LogP contribution is -2.17. The molecule has 0 spiro atoms. The van der Waals surface area contributed by atoms with E-state index in [1.165, 1.54) is 6.92 Å². The largest absolute Gasteiger partial charge is 0.451 e. The molecule has 1 aliphatic carbocycles. The van der Waals surface area contributed by atoms with E-state index in [4.69, 9.17) is 4.74 Å². The van der Waals surface area contributed by atoms with Crippen LogP contribution in [0.1, 0.15) is 6.92 Å². The van der Waals surface area contributed by atoms with E-state index in [2.05, 4.69) is 6.58 Å². The van der Waals surface area contributed by atoms with Gasteiger partial charge < -0.3 is 4.74 Å². The smallest absolute Gasteiger partial charge is 0.331 e. The van der Waals surface area contributed by atoms with Gasteiger partial charge in [-0.1, -0.05) is 18.7 Å². The molecule has 3 heteroatoms. The van der Waals surface area contributed by atoms with Crippen molar-refractivity contribution in [3.05, 3.63) is 37.0 Å². The molecule has 1 aliphatic rings. The summed E-state index contributed by atoms with van der Waals surface area (Å²) in [5, 5.41) is 0. The monoisotopic (exact) mass is 192 g/mol. The minimum atomic E-state index is -0.467. The third-order valence-corrected chi connectivity index (χ3v) is 1.90. The second-order valence-corrected chi connectivity index (χ2v) is 3.01. The summed E-state index contributed by atoms with van der Waals surface area (Å²) in [6.45, 7) is 4.82. The van der Waals surface area contributed by atoms with Crippen molar-refractivity contribution in [2.75, 3.05) is 0 Å². The number of allylic oxidation sites excluding steroid dienone is 2. The van der Waals surface area contributed by atoms with E-state index in [0.717, 1.165) is 6.08 Å². The van der Waals surface area contributed by atoms with Crippen molar-refractivity contribution in [3.63, 3.8) is 0 Å². The topological polar surface area (TPSA) is 43.4 Å². The molecule has 0 fully saturated rings. The van der Waals surface area contributed by atoms with Gasteiger partial charge in [-0.05, 0) is 19.1 Å². The van der Waals surface area contributed by atoms with Gasteiger partial charge in [0.25, 0.3) is 0 Å². The van der Waals surface area contributed by atoms with Crippen molar-refractivity contribution in [1.82, 2.24) is 0 Å². The van der Waals surface area contributed by atoms with Crippen LogP contribution in [0.5, 0.6) is 0 Å². The van der Waals surface area contributed by atoms with Gasteiger partial charge in [-0.15, -0.1) is 0 Å². The molecule has 0 heterocycles. The highest BCUT2D eigenvalue weighted by Crippen LogP contribution is 2.13. The van der Waals surface area contributed by atoms with Gasteiger partial charge in [-0.3, -0.25) is 4.79 Å². The lowest BCUT2D eigenvalue weighted by molar-refractivity contribution is -0.139. The molecule has 74 valence electrons. The summed E-state index contributed by atoms with van der Waals surface area (Å²) >= 11 is 0. The third-order valence-electron chi connectivity index (χ3n) is 1.90. The van der Waals surface area contributed by atoms with Crippen LogP contribution in [0.4, 0.5) is 0 Å². The molecular weight excluding hydrogens is 180 g/mol. The van der Waals surface area contributed by atoms with Crippen molar-refractivity contribution >= 4 is 11.8 Å². The standard InChI is InChI=1S/C11H12O3/c1-3-11(13)14-10-6-4-9(5-7-10)8(2)12/h3-7,9-10H,1H2,2H3. The average molecular weight is 192 g/mol. The number of ether oxygens (including phenoxy) is 1. The first kappa shape index (κ1) is 10.4. The maximum absolute atomic E-state index is 11.0. The second-order valence-electron chi connectivity index (χ2n) is 3.01. The Kier molecular flexibility index (Phi) is 3.40. The SMILES string of the molecule is C=CC(=O)OC1C=CC(C(C)=O)C=C1. The van der Waals surface area contributed by atoms with E-state index in [1.807, 2.05) is 0 Å². The van der Waals surface area contributed by atoms with E-state index in [-0.39, 0.29) is 17.8 Å². The molecule has 0 aliphatic heterocycles. The highest BCUT2D eigenvalue weighted by molar-refractivity contribution is 5.83. The maximum Gasteiger partial charge on any atom is 0.331 e. The number of ketones is 1. The van der Waals surface area contributed by atoms with Gasteiger partial charge in [-0.25, -0.2) is 4.79 Å². The van der Waals surface area contributed by atoms with Gasteiger partial charge in [0.15, 0.2) is 0 Å². The summed E-state index contributed by atoms with van der Waals surface area (Å²) in [5.41, 5.74) is 0. The van der Waals surface area contributed by atoms with Crippen LogP contribution in [0, 0.1) is 5.92 Å². The highest BCUT2D eigenvalue weighted by Gasteiger charge is 2.14. The summed E-state index contributed by atoms with van der Waals surface area (Å²) in [6, 6.07) is 0. The normalized spacial score (nSPS) is 24.4. The Hall–Kier alpha value is -1.64. The summed E-state index contributed by atoms with van der Waals surface area (Å²) in [4.78, 5) is 21.8. The van der Waals surface area contributed by atoms with Crippen LogP contribution in [-0.4, -0.2) is 17.9 Å². The van der Waals surface area contributed by atoms with Gasteiger partial charge >= 0.3 is 5.97 Å². The molecule has 0 aromatic carbocycles. The molecular formula is C11H12O3. The number of hydrogen-bond donors (Lipinski definition) is 0. The molecule has 0 saturated carbocycles. The molecule has 0 N–H and O–H groups in total. The molecule has 14 heavy (non-hydrogen) atoms.